The summed E-state index contributed by atoms with van der Waals surface area (Å²) in [6.07, 6.45) is 5.75. The van der Waals surface area contributed by atoms with Crippen LogP contribution in [0.1, 0.15) is 49.8 Å². The van der Waals surface area contributed by atoms with Gasteiger partial charge in [0.2, 0.25) is 0 Å². The maximum atomic E-state index is 14.0. The predicted molar refractivity (Wildman–Crippen MR) is 178 cm³/mol. The Morgan fingerprint density at radius 3 is 2.60 bits per heavy atom. The van der Waals surface area contributed by atoms with Crippen molar-refractivity contribution in [2.24, 2.45) is 4.99 Å². The Kier molecular flexibility index (Phi) is 7.73. The van der Waals surface area contributed by atoms with Gasteiger partial charge in [-0.3, -0.25) is 9.69 Å². The number of aliphatic imine (C=N–C) groups is 1. The first-order chi connectivity index (χ1) is 20.7. The van der Waals surface area contributed by atoms with Gasteiger partial charge in [0.25, 0.3) is 5.91 Å². The molecule has 0 spiro atoms. The fourth-order valence-corrected chi connectivity index (χ4v) is 7.18. The van der Waals surface area contributed by atoms with Crippen molar-refractivity contribution in [1.29, 1.82) is 0 Å². The first-order valence-corrected chi connectivity index (χ1v) is 15.4. The van der Waals surface area contributed by atoms with Crippen LogP contribution in [0.3, 0.4) is 0 Å². The second-order valence-electron chi connectivity index (χ2n) is 11.9. The van der Waals surface area contributed by atoms with Gasteiger partial charge in [-0.1, -0.05) is 25.1 Å². The summed E-state index contributed by atoms with van der Waals surface area (Å²) >= 11 is 1.41. The van der Waals surface area contributed by atoms with Crippen LogP contribution in [0.5, 0.6) is 11.5 Å². The molecule has 43 heavy (non-hydrogen) atoms. The Labute approximate surface area is 257 Å². The van der Waals surface area contributed by atoms with E-state index in [0.717, 1.165) is 34.7 Å². The molecule has 4 aromatic rings. The molecule has 7 nitrogen and oxygen atoms in total. The van der Waals surface area contributed by atoms with Crippen LogP contribution in [0, 0.1) is 0 Å². The zero-order valence-corrected chi connectivity index (χ0v) is 26.4. The molecule has 3 heterocycles. The molecular formula is C35H38N4O3S. The van der Waals surface area contributed by atoms with Gasteiger partial charge in [-0.2, -0.15) is 0 Å². The molecule has 3 aromatic carbocycles. The number of aromatic amines is 1. The number of nitrogens with zero attached hydrogens (tertiary/aromatic N) is 3. The van der Waals surface area contributed by atoms with Gasteiger partial charge in [0.15, 0.2) is 5.17 Å². The van der Waals surface area contributed by atoms with Gasteiger partial charge in [-0.25, -0.2) is 4.99 Å². The summed E-state index contributed by atoms with van der Waals surface area (Å²) in [6, 6.07) is 20.1. The molecular weight excluding hydrogens is 556 g/mol. The van der Waals surface area contributed by atoms with Gasteiger partial charge in [0.1, 0.15) is 11.5 Å². The number of amidine groups is 1. The molecule has 0 aliphatic carbocycles. The van der Waals surface area contributed by atoms with Gasteiger partial charge in [-0.05, 0) is 98.0 Å². The van der Waals surface area contributed by atoms with E-state index in [4.69, 9.17) is 14.5 Å². The highest BCUT2D eigenvalue weighted by Gasteiger charge is 2.36. The molecule has 1 unspecified atom stereocenters. The minimum atomic E-state index is -0.0526. The van der Waals surface area contributed by atoms with E-state index in [0.29, 0.717) is 29.0 Å². The topological polar surface area (TPSA) is 70.2 Å². The molecule has 1 atom stereocenters. The van der Waals surface area contributed by atoms with Gasteiger partial charge in [-0.15, -0.1) is 0 Å². The number of para-hydroxylation sites is 1. The van der Waals surface area contributed by atoms with E-state index in [1.54, 1.807) is 19.1 Å². The Bertz CT molecular complexity index is 1740. The second-order valence-corrected chi connectivity index (χ2v) is 12.9. The predicted octanol–water partition coefficient (Wildman–Crippen LogP) is 7.75. The molecule has 222 valence electrons. The van der Waals surface area contributed by atoms with Crippen molar-refractivity contribution in [3.05, 3.63) is 88.5 Å². The van der Waals surface area contributed by atoms with Crippen molar-refractivity contribution in [3.63, 3.8) is 0 Å². The van der Waals surface area contributed by atoms with Gasteiger partial charge in [0.05, 0.1) is 24.8 Å². The van der Waals surface area contributed by atoms with Crippen molar-refractivity contribution in [1.82, 2.24) is 9.88 Å². The largest absolute Gasteiger partial charge is 0.497 e. The van der Waals surface area contributed by atoms with Gasteiger partial charge >= 0.3 is 0 Å². The summed E-state index contributed by atoms with van der Waals surface area (Å²) in [7, 11) is 5.48. The van der Waals surface area contributed by atoms with Crippen molar-refractivity contribution in [2.75, 3.05) is 32.7 Å². The standard InChI is InChI=1S/C35H38N4O3S/c1-22-20-35(2,3)38(4)30-19-31(42-6)24(17-28(22)30)18-32-33(40)39(16-15-23-21-36-29-10-8-7-9-27(23)29)34(43-32)37-25-11-13-26(41-5)14-12-25/h7-14,17-19,21-22,36H,15-16,20H2,1-6H3/b32-18+,37-34?. The number of amides is 1. The SMILES string of the molecule is COc1ccc(N=C2S/C(=C/c3cc4c(cc3OC)N(C)C(C)(C)CC4C)C(=O)N2CCc2c[nH]c3ccccc23)cc1. The molecule has 8 heteroatoms. The molecule has 1 N–H and O–H groups in total. The quantitative estimate of drug-likeness (QED) is 0.222. The van der Waals surface area contributed by atoms with E-state index in [1.807, 2.05) is 48.7 Å². The molecule has 0 bridgehead atoms. The number of ether oxygens (including phenoxy) is 2. The molecule has 1 fully saturated rings. The number of rotatable bonds is 7. The van der Waals surface area contributed by atoms with Crippen molar-refractivity contribution in [3.8, 4) is 11.5 Å². The fraction of sp³-hybridized carbons (Fsp3) is 0.314. The molecule has 0 saturated carbocycles. The van der Waals surface area contributed by atoms with Crippen LogP contribution in [0.2, 0.25) is 0 Å². The minimum absolute atomic E-state index is 0.0484. The lowest BCUT2D eigenvalue weighted by atomic mass is 9.80. The zero-order chi connectivity index (χ0) is 30.3. The van der Waals surface area contributed by atoms with Crippen molar-refractivity contribution in [2.45, 2.75) is 45.1 Å². The number of H-pyrrole nitrogens is 1. The van der Waals surface area contributed by atoms with Crippen LogP contribution in [0.15, 0.2) is 76.8 Å². The Morgan fingerprint density at radius 1 is 1.09 bits per heavy atom. The number of hydrogen-bond donors (Lipinski definition) is 1. The van der Waals surface area contributed by atoms with Crippen LogP contribution >= 0.6 is 11.8 Å². The van der Waals surface area contributed by atoms with E-state index in [-0.39, 0.29) is 11.4 Å². The summed E-state index contributed by atoms with van der Waals surface area (Å²) < 4.78 is 11.2. The molecule has 1 saturated heterocycles. The number of anilines is 1. The number of carbonyl (C=O) groups is 1. The number of hydrogen-bond acceptors (Lipinski definition) is 6. The highest BCUT2D eigenvalue weighted by atomic mass is 32.2. The maximum absolute atomic E-state index is 14.0. The number of carbonyl (C=O) groups excluding carboxylic acids is 1. The summed E-state index contributed by atoms with van der Waals surface area (Å²) in [5, 5.41) is 1.83. The lowest BCUT2D eigenvalue weighted by Crippen LogP contribution is -2.45. The first-order valence-electron chi connectivity index (χ1n) is 14.6. The van der Waals surface area contributed by atoms with Gasteiger partial charge < -0.3 is 19.4 Å². The third-order valence-corrected chi connectivity index (χ3v) is 9.74. The molecule has 6 rings (SSSR count). The van der Waals surface area contributed by atoms with Crippen LogP contribution in [-0.2, 0) is 11.2 Å². The second kappa shape index (κ2) is 11.5. The number of benzene rings is 3. The maximum Gasteiger partial charge on any atom is 0.266 e. The number of fused-ring (bicyclic) bond motifs is 2. The van der Waals surface area contributed by atoms with Crippen LogP contribution in [-0.4, -0.2) is 54.3 Å². The van der Waals surface area contributed by atoms with Crippen LogP contribution < -0.4 is 14.4 Å². The Balaban J connectivity index is 1.36. The molecule has 2 aliphatic heterocycles. The number of thioether (sulfide) groups is 1. The van der Waals surface area contributed by atoms with Crippen LogP contribution in [0.25, 0.3) is 17.0 Å². The number of nitrogens with one attached hydrogen (secondary N) is 1. The third-order valence-electron chi connectivity index (χ3n) is 8.74. The normalized spacial score (nSPS) is 19.9. The summed E-state index contributed by atoms with van der Waals surface area (Å²) in [6.45, 7) is 7.34. The molecule has 1 amide bonds. The molecule has 2 aliphatic rings. The van der Waals surface area contributed by atoms with Crippen molar-refractivity contribution < 1.29 is 14.3 Å². The van der Waals surface area contributed by atoms with Crippen LogP contribution in [0.4, 0.5) is 11.4 Å². The third kappa shape index (κ3) is 5.52. The van der Waals surface area contributed by atoms with E-state index in [2.05, 4.69) is 62.0 Å². The summed E-state index contributed by atoms with van der Waals surface area (Å²) in [5.74, 6) is 1.85. The van der Waals surface area contributed by atoms with E-state index >= 15 is 0 Å². The average Bonchev–Trinajstić information content (AvgIpc) is 3.54. The number of methoxy groups -OCH3 is 2. The Hall–Kier alpha value is -4.17. The molecule has 1 aromatic heterocycles. The van der Waals surface area contributed by atoms with E-state index < -0.39 is 0 Å². The smallest absolute Gasteiger partial charge is 0.266 e. The minimum Gasteiger partial charge on any atom is -0.497 e. The van der Waals surface area contributed by atoms with Gasteiger partial charge in [0, 0.05) is 53.5 Å². The first kappa shape index (κ1) is 28.9. The monoisotopic (exact) mass is 594 g/mol. The summed E-state index contributed by atoms with van der Waals surface area (Å²) in [5.41, 5.74) is 6.43. The average molecular weight is 595 g/mol. The Morgan fingerprint density at radius 2 is 1.86 bits per heavy atom. The van der Waals surface area contributed by atoms with Crippen molar-refractivity contribution >= 4 is 51.2 Å². The molecule has 0 radical (unpaired) electrons. The van der Waals surface area contributed by atoms with E-state index in [1.165, 1.54) is 34.0 Å². The number of aromatic nitrogens is 1. The lowest BCUT2D eigenvalue weighted by Gasteiger charge is -2.45. The summed E-state index contributed by atoms with van der Waals surface area (Å²) in [4.78, 5) is 27.0. The lowest BCUT2D eigenvalue weighted by molar-refractivity contribution is -0.122. The fourth-order valence-electron chi connectivity index (χ4n) is 6.17. The highest BCUT2D eigenvalue weighted by Crippen LogP contribution is 2.46. The zero-order valence-electron chi connectivity index (χ0n) is 25.6. The highest BCUT2D eigenvalue weighted by molar-refractivity contribution is 8.18. The van der Waals surface area contributed by atoms with E-state index in [9.17, 15) is 4.79 Å².